The van der Waals surface area contributed by atoms with Gasteiger partial charge in [0.25, 0.3) is 0 Å². The molecule has 138 valence electrons. The lowest BCUT2D eigenvalue weighted by Crippen LogP contribution is -2.16. The minimum absolute atomic E-state index is 0.0853. The van der Waals surface area contributed by atoms with Crippen LogP contribution in [-0.4, -0.2) is 45.1 Å². The number of para-hydroxylation sites is 1. The number of fused-ring (bicyclic) bond motifs is 1. The molecule has 0 radical (unpaired) electrons. The zero-order chi connectivity index (χ0) is 18.5. The summed E-state index contributed by atoms with van der Waals surface area (Å²) < 4.78 is 12.7. The number of tetrazole rings is 1. The molecule has 1 amide bonds. The third-order valence-corrected chi connectivity index (χ3v) is 4.75. The summed E-state index contributed by atoms with van der Waals surface area (Å²) in [5.74, 6) is 1.82. The molecule has 0 saturated heterocycles. The number of carbonyl (C=O) groups excluding carboxylic acids is 1. The predicted octanol–water partition coefficient (Wildman–Crippen LogP) is 2.55. The van der Waals surface area contributed by atoms with E-state index in [1.165, 1.54) is 11.8 Å². The first-order chi connectivity index (χ1) is 13.3. The largest absolute Gasteiger partial charge is 0.486 e. The molecule has 0 saturated carbocycles. The summed E-state index contributed by atoms with van der Waals surface area (Å²) in [6, 6.07) is 15.0. The maximum atomic E-state index is 12.2. The summed E-state index contributed by atoms with van der Waals surface area (Å²) in [7, 11) is 0. The highest BCUT2D eigenvalue weighted by atomic mass is 32.2. The highest BCUT2D eigenvalue weighted by Gasteiger charge is 2.13. The van der Waals surface area contributed by atoms with E-state index in [0.717, 1.165) is 5.69 Å². The third kappa shape index (κ3) is 4.20. The molecule has 0 aliphatic carbocycles. The number of thioether (sulfide) groups is 1. The van der Waals surface area contributed by atoms with Gasteiger partial charge >= 0.3 is 0 Å². The molecule has 1 aliphatic rings. The molecule has 9 heteroatoms. The molecule has 0 unspecified atom stereocenters. The van der Waals surface area contributed by atoms with Crippen molar-refractivity contribution in [1.82, 2.24) is 20.2 Å². The Morgan fingerprint density at radius 2 is 1.93 bits per heavy atom. The van der Waals surface area contributed by atoms with Gasteiger partial charge in [-0.25, -0.2) is 0 Å². The average Bonchev–Trinajstić information content (AvgIpc) is 3.17. The molecular weight excluding hydrogens is 366 g/mol. The molecule has 8 nitrogen and oxygen atoms in total. The number of rotatable bonds is 6. The Bertz CT molecular complexity index is 932. The second-order valence-corrected chi connectivity index (χ2v) is 6.78. The fourth-order valence-electron chi connectivity index (χ4n) is 2.58. The first-order valence-electron chi connectivity index (χ1n) is 8.46. The predicted molar refractivity (Wildman–Crippen MR) is 101 cm³/mol. The monoisotopic (exact) mass is 383 g/mol. The van der Waals surface area contributed by atoms with E-state index < -0.39 is 0 Å². The van der Waals surface area contributed by atoms with Gasteiger partial charge in [0.15, 0.2) is 11.5 Å². The van der Waals surface area contributed by atoms with Crippen LogP contribution in [0, 0.1) is 0 Å². The highest BCUT2D eigenvalue weighted by Crippen LogP contribution is 2.32. The Balaban J connectivity index is 1.31. The Labute approximate surface area is 159 Å². The molecule has 1 N–H and O–H groups in total. The zero-order valence-corrected chi connectivity index (χ0v) is 15.2. The SMILES string of the molecule is O=C(CCSc1nnnn1-c1ccccc1)Nc1ccc2c(c1)OCCO2. The normalized spacial score (nSPS) is 12.6. The average molecular weight is 383 g/mol. The van der Waals surface area contributed by atoms with Crippen LogP contribution in [0.4, 0.5) is 5.69 Å². The van der Waals surface area contributed by atoms with Crippen LogP contribution >= 0.6 is 11.8 Å². The van der Waals surface area contributed by atoms with Crippen molar-refractivity contribution in [2.45, 2.75) is 11.6 Å². The van der Waals surface area contributed by atoms with E-state index in [0.29, 0.717) is 47.7 Å². The Kier molecular flexibility index (Phi) is 5.20. The van der Waals surface area contributed by atoms with Crippen LogP contribution in [0.3, 0.4) is 0 Å². The van der Waals surface area contributed by atoms with E-state index in [1.54, 1.807) is 22.9 Å². The number of nitrogens with zero attached hydrogens (tertiary/aromatic N) is 4. The van der Waals surface area contributed by atoms with Gasteiger partial charge in [-0.3, -0.25) is 4.79 Å². The smallest absolute Gasteiger partial charge is 0.225 e. The van der Waals surface area contributed by atoms with E-state index in [-0.39, 0.29) is 5.91 Å². The summed E-state index contributed by atoms with van der Waals surface area (Å²) in [5.41, 5.74) is 1.56. The zero-order valence-electron chi connectivity index (χ0n) is 14.4. The van der Waals surface area contributed by atoms with Crippen LogP contribution in [0.1, 0.15) is 6.42 Å². The highest BCUT2D eigenvalue weighted by molar-refractivity contribution is 7.99. The first-order valence-corrected chi connectivity index (χ1v) is 9.44. The van der Waals surface area contributed by atoms with Gasteiger partial charge in [0.2, 0.25) is 11.1 Å². The summed E-state index contributed by atoms with van der Waals surface area (Å²) in [4.78, 5) is 12.2. The molecule has 27 heavy (non-hydrogen) atoms. The van der Waals surface area contributed by atoms with Crippen LogP contribution in [0.5, 0.6) is 11.5 Å². The fourth-order valence-corrected chi connectivity index (χ4v) is 3.41. The number of anilines is 1. The number of ether oxygens (including phenoxy) is 2. The molecule has 2 aromatic carbocycles. The number of hydrogen-bond acceptors (Lipinski definition) is 7. The minimum Gasteiger partial charge on any atom is -0.486 e. The second kappa shape index (κ2) is 8.09. The number of nitrogens with one attached hydrogen (secondary N) is 1. The van der Waals surface area contributed by atoms with Gasteiger partial charge in [0.1, 0.15) is 13.2 Å². The van der Waals surface area contributed by atoms with E-state index in [1.807, 2.05) is 30.3 Å². The lowest BCUT2D eigenvalue weighted by Gasteiger charge is -2.19. The summed E-state index contributed by atoms with van der Waals surface area (Å²) in [6.45, 7) is 1.05. The van der Waals surface area contributed by atoms with Gasteiger partial charge in [-0.1, -0.05) is 30.0 Å². The van der Waals surface area contributed by atoms with E-state index in [2.05, 4.69) is 20.8 Å². The van der Waals surface area contributed by atoms with E-state index >= 15 is 0 Å². The van der Waals surface area contributed by atoms with Crippen LogP contribution < -0.4 is 14.8 Å². The molecule has 1 aromatic heterocycles. The lowest BCUT2D eigenvalue weighted by molar-refractivity contribution is -0.115. The van der Waals surface area contributed by atoms with Gasteiger partial charge < -0.3 is 14.8 Å². The maximum absolute atomic E-state index is 12.2. The van der Waals surface area contributed by atoms with Gasteiger partial charge in [0.05, 0.1) is 5.69 Å². The van der Waals surface area contributed by atoms with Crippen molar-refractivity contribution in [3.63, 3.8) is 0 Å². The number of carbonyl (C=O) groups is 1. The summed E-state index contributed by atoms with van der Waals surface area (Å²) in [6.07, 6.45) is 0.334. The van der Waals surface area contributed by atoms with Crippen molar-refractivity contribution in [3.05, 3.63) is 48.5 Å². The molecule has 3 aromatic rings. The van der Waals surface area contributed by atoms with Crippen molar-refractivity contribution in [3.8, 4) is 17.2 Å². The molecule has 2 heterocycles. The van der Waals surface area contributed by atoms with Crippen LogP contribution in [0.15, 0.2) is 53.7 Å². The van der Waals surface area contributed by atoms with E-state index in [9.17, 15) is 4.79 Å². The number of hydrogen-bond donors (Lipinski definition) is 1. The lowest BCUT2D eigenvalue weighted by atomic mass is 10.2. The number of amides is 1. The molecule has 0 fully saturated rings. The van der Waals surface area contributed by atoms with Crippen molar-refractivity contribution >= 4 is 23.4 Å². The fraction of sp³-hybridized carbons (Fsp3) is 0.222. The summed E-state index contributed by atoms with van der Waals surface area (Å²) in [5, 5.41) is 15.3. The molecular formula is C18H17N5O3S. The number of benzene rings is 2. The van der Waals surface area contributed by atoms with Gasteiger partial charge in [-0.2, -0.15) is 4.68 Å². The molecule has 4 rings (SSSR count). The first kappa shape index (κ1) is 17.3. The quantitative estimate of drug-likeness (QED) is 0.654. The Morgan fingerprint density at radius 3 is 2.78 bits per heavy atom. The van der Waals surface area contributed by atoms with Crippen molar-refractivity contribution < 1.29 is 14.3 Å². The number of aromatic nitrogens is 4. The van der Waals surface area contributed by atoms with Crippen LogP contribution in [0.25, 0.3) is 5.69 Å². The van der Waals surface area contributed by atoms with Gasteiger partial charge in [0, 0.05) is 23.9 Å². The minimum atomic E-state index is -0.0853. The van der Waals surface area contributed by atoms with Gasteiger partial charge in [-0.05, 0) is 34.7 Å². The van der Waals surface area contributed by atoms with Crippen molar-refractivity contribution in [2.24, 2.45) is 0 Å². The van der Waals surface area contributed by atoms with Gasteiger partial charge in [-0.15, -0.1) is 5.10 Å². The van der Waals surface area contributed by atoms with E-state index in [4.69, 9.17) is 9.47 Å². The van der Waals surface area contributed by atoms with Crippen molar-refractivity contribution in [2.75, 3.05) is 24.3 Å². The Hall–Kier alpha value is -3.07. The second-order valence-electron chi connectivity index (χ2n) is 5.71. The topological polar surface area (TPSA) is 91.2 Å². The third-order valence-electron chi connectivity index (χ3n) is 3.83. The van der Waals surface area contributed by atoms with Crippen LogP contribution in [0.2, 0.25) is 0 Å². The van der Waals surface area contributed by atoms with Crippen LogP contribution in [-0.2, 0) is 4.79 Å². The Morgan fingerprint density at radius 1 is 1.11 bits per heavy atom. The molecule has 0 spiro atoms. The maximum Gasteiger partial charge on any atom is 0.225 e. The van der Waals surface area contributed by atoms with Crippen molar-refractivity contribution in [1.29, 1.82) is 0 Å². The molecule has 1 aliphatic heterocycles. The summed E-state index contributed by atoms with van der Waals surface area (Å²) >= 11 is 1.43. The molecule has 0 bridgehead atoms. The molecule has 0 atom stereocenters. The standard InChI is InChI=1S/C18H17N5O3S/c24-17(19-13-6-7-15-16(12-13)26-10-9-25-15)8-11-27-18-20-21-22-23(18)14-4-2-1-3-5-14/h1-7,12H,8-11H2,(H,19,24).